The molecule has 0 spiro atoms. The minimum absolute atomic E-state index is 0.802. The van der Waals surface area contributed by atoms with Gasteiger partial charge in [-0.3, -0.25) is 0 Å². The van der Waals surface area contributed by atoms with Crippen LogP contribution in [0.3, 0.4) is 0 Å². The van der Waals surface area contributed by atoms with Crippen molar-refractivity contribution in [3.8, 4) is 5.69 Å². The van der Waals surface area contributed by atoms with Crippen molar-refractivity contribution in [1.82, 2.24) is 9.55 Å². The van der Waals surface area contributed by atoms with E-state index < -0.39 is 0 Å². The molecule has 0 amide bonds. The van der Waals surface area contributed by atoms with Crippen LogP contribution >= 0.6 is 11.3 Å². The molecule has 0 saturated carbocycles. The number of aryl methyl sites for hydroxylation is 1. The molecule has 2 heterocycles. The van der Waals surface area contributed by atoms with E-state index in [1.807, 2.05) is 0 Å². The Labute approximate surface area is 139 Å². The maximum absolute atomic E-state index is 4.62. The van der Waals surface area contributed by atoms with E-state index >= 15 is 0 Å². The number of thiazole rings is 1. The van der Waals surface area contributed by atoms with E-state index in [4.69, 9.17) is 0 Å². The lowest BCUT2D eigenvalue weighted by Crippen LogP contribution is -2.37. The van der Waals surface area contributed by atoms with Gasteiger partial charge in [-0.2, -0.15) is 4.57 Å². The summed E-state index contributed by atoms with van der Waals surface area (Å²) in [5.41, 5.74) is 4.77. The first-order valence-corrected chi connectivity index (χ1v) is 8.58. The fourth-order valence-corrected chi connectivity index (χ4v) is 3.70. The largest absolute Gasteiger partial charge is 0.259 e. The third kappa shape index (κ3) is 2.45. The van der Waals surface area contributed by atoms with Crippen molar-refractivity contribution < 1.29 is 4.57 Å². The van der Waals surface area contributed by atoms with Crippen molar-refractivity contribution in [2.24, 2.45) is 0 Å². The maximum atomic E-state index is 4.62. The Morgan fingerprint density at radius 3 is 2.48 bits per heavy atom. The zero-order valence-electron chi connectivity index (χ0n) is 13.2. The molecule has 2 aromatic carbocycles. The molecular weight excluding hydrogens is 302 g/mol. The van der Waals surface area contributed by atoms with E-state index in [-0.39, 0.29) is 0 Å². The van der Waals surface area contributed by atoms with Gasteiger partial charge < -0.3 is 0 Å². The minimum Gasteiger partial charge on any atom is -0.242 e. The molecule has 0 fully saturated rings. The molecule has 0 bridgehead atoms. The third-order valence-electron chi connectivity index (χ3n) is 4.13. The molecule has 2 aromatic heterocycles. The first-order chi connectivity index (χ1) is 11.2. The summed E-state index contributed by atoms with van der Waals surface area (Å²) in [5.74, 6) is 1.21. The van der Waals surface area contributed by atoms with Crippen molar-refractivity contribution in [3.05, 3.63) is 76.5 Å². The fraction of sp³-hybridized carbons (Fsp3) is 0.158. The van der Waals surface area contributed by atoms with Gasteiger partial charge >= 0.3 is 0 Å². The van der Waals surface area contributed by atoms with Crippen LogP contribution in [0.25, 0.3) is 16.7 Å². The lowest BCUT2D eigenvalue weighted by Gasteiger charge is -2.00. The van der Waals surface area contributed by atoms with Gasteiger partial charge in [0, 0.05) is 12.3 Å². The maximum Gasteiger partial charge on any atom is 0.259 e. The highest BCUT2D eigenvalue weighted by molar-refractivity contribution is 7.09. The van der Waals surface area contributed by atoms with Crippen molar-refractivity contribution in [1.29, 1.82) is 0 Å². The first-order valence-electron chi connectivity index (χ1n) is 7.70. The lowest BCUT2D eigenvalue weighted by atomic mass is 10.3. The zero-order chi connectivity index (χ0) is 15.8. The molecule has 3 nitrogen and oxygen atoms in total. The summed E-state index contributed by atoms with van der Waals surface area (Å²) in [4.78, 5) is 4.62. The van der Waals surface area contributed by atoms with Gasteiger partial charge in [0.05, 0.1) is 10.7 Å². The molecule has 4 heteroatoms. The van der Waals surface area contributed by atoms with E-state index in [0.717, 1.165) is 17.2 Å². The molecule has 4 aromatic rings. The number of hydrogen-bond acceptors (Lipinski definition) is 2. The Hall–Kier alpha value is -2.46. The van der Waals surface area contributed by atoms with E-state index in [9.17, 15) is 0 Å². The van der Waals surface area contributed by atoms with Crippen LogP contribution in [0.1, 0.15) is 16.5 Å². The predicted octanol–water partition coefficient (Wildman–Crippen LogP) is 4.04. The molecule has 23 heavy (non-hydrogen) atoms. The predicted molar refractivity (Wildman–Crippen MR) is 94.2 cm³/mol. The second-order valence-electron chi connectivity index (χ2n) is 5.65. The van der Waals surface area contributed by atoms with Gasteiger partial charge in [-0.1, -0.05) is 30.3 Å². The second-order valence-corrected chi connectivity index (χ2v) is 6.71. The number of benzene rings is 2. The standard InChI is InChI=1S/C19H18N3S/c1-14-20-16(13-23-14)12-21-15(2)22(17-8-4-3-5-9-17)19-11-7-6-10-18(19)21/h3-11,13H,12H2,1-2H3/q+1. The van der Waals surface area contributed by atoms with Crippen LogP contribution in [0.4, 0.5) is 0 Å². The van der Waals surface area contributed by atoms with Crippen LogP contribution in [0.15, 0.2) is 60.0 Å². The number of aromatic nitrogens is 3. The molecule has 0 atom stereocenters. The monoisotopic (exact) mass is 320 g/mol. The smallest absolute Gasteiger partial charge is 0.242 e. The second kappa shape index (κ2) is 5.63. The van der Waals surface area contributed by atoms with E-state index in [1.54, 1.807) is 11.3 Å². The van der Waals surface area contributed by atoms with E-state index in [1.165, 1.54) is 22.5 Å². The summed E-state index contributed by atoms with van der Waals surface area (Å²) in [5, 5.41) is 3.26. The Morgan fingerprint density at radius 2 is 1.74 bits per heavy atom. The van der Waals surface area contributed by atoms with Crippen LogP contribution in [0.5, 0.6) is 0 Å². The number of para-hydroxylation sites is 3. The highest BCUT2D eigenvalue weighted by Gasteiger charge is 2.23. The topological polar surface area (TPSA) is 21.7 Å². The molecule has 0 aliphatic carbocycles. The summed E-state index contributed by atoms with van der Waals surface area (Å²) in [6, 6.07) is 19.1. The van der Waals surface area contributed by atoms with Crippen molar-refractivity contribution in [2.45, 2.75) is 20.4 Å². The van der Waals surface area contributed by atoms with Gasteiger partial charge in [0.15, 0.2) is 11.0 Å². The highest BCUT2D eigenvalue weighted by Crippen LogP contribution is 2.20. The van der Waals surface area contributed by atoms with Crippen LogP contribution in [-0.2, 0) is 6.54 Å². The first kappa shape index (κ1) is 14.2. The summed E-state index contributed by atoms with van der Waals surface area (Å²) >= 11 is 1.71. The molecule has 4 rings (SSSR count). The van der Waals surface area contributed by atoms with Crippen LogP contribution in [-0.4, -0.2) is 9.55 Å². The Balaban J connectivity index is 1.93. The SMILES string of the molecule is Cc1nc(C[n+]2c(C)n(-c3ccccc3)c3ccccc32)cs1. The molecule has 114 valence electrons. The number of fused-ring (bicyclic) bond motifs is 1. The van der Waals surface area contributed by atoms with Gasteiger partial charge in [0.2, 0.25) is 0 Å². The van der Waals surface area contributed by atoms with Gasteiger partial charge in [0.25, 0.3) is 5.82 Å². The van der Waals surface area contributed by atoms with Crippen LogP contribution in [0, 0.1) is 13.8 Å². The van der Waals surface area contributed by atoms with E-state index in [2.05, 4.69) is 87.9 Å². The molecule has 0 saturated heterocycles. The normalized spacial score (nSPS) is 11.2. The number of hydrogen-bond donors (Lipinski definition) is 0. The fourth-order valence-electron chi connectivity index (χ4n) is 3.10. The van der Waals surface area contributed by atoms with Gasteiger partial charge in [0.1, 0.15) is 12.2 Å². The molecular formula is C19H18N3S+. The third-order valence-corrected chi connectivity index (χ3v) is 4.95. The molecule has 0 aliphatic rings. The Bertz CT molecular complexity index is 967. The summed E-state index contributed by atoms with van der Waals surface area (Å²) < 4.78 is 4.66. The van der Waals surface area contributed by atoms with Gasteiger partial charge in [-0.15, -0.1) is 11.3 Å². The van der Waals surface area contributed by atoms with Crippen LogP contribution in [0.2, 0.25) is 0 Å². The van der Waals surface area contributed by atoms with Crippen molar-refractivity contribution >= 4 is 22.4 Å². The average Bonchev–Trinajstić information content (AvgIpc) is 3.11. The summed E-state index contributed by atoms with van der Waals surface area (Å²) in [6.07, 6.45) is 0. The summed E-state index contributed by atoms with van der Waals surface area (Å²) in [6.45, 7) is 5.03. The molecule has 0 N–H and O–H groups in total. The van der Waals surface area contributed by atoms with Crippen LogP contribution < -0.4 is 4.57 Å². The van der Waals surface area contributed by atoms with E-state index in [0.29, 0.717) is 0 Å². The Morgan fingerprint density at radius 1 is 1.00 bits per heavy atom. The lowest BCUT2D eigenvalue weighted by molar-refractivity contribution is -0.669. The number of rotatable bonds is 3. The number of nitrogens with zero attached hydrogens (tertiary/aromatic N) is 3. The molecule has 0 aliphatic heterocycles. The summed E-state index contributed by atoms with van der Waals surface area (Å²) in [7, 11) is 0. The average molecular weight is 320 g/mol. The Kier molecular flexibility index (Phi) is 3.46. The minimum atomic E-state index is 0.802. The zero-order valence-corrected chi connectivity index (χ0v) is 14.0. The van der Waals surface area contributed by atoms with Crippen molar-refractivity contribution in [2.75, 3.05) is 0 Å². The quantitative estimate of drug-likeness (QED) is 0.522. The molecule has 0 unspecified atom stereocenters. The number of imidazole rings is 1. The molecule has 0 radical (unpaired) electrons. The highest BCUT2D eigenvalue weighted by atomic mass is 32.1. The van der Waals surface area contributed by atoms with Gasteiger partial charge in [-0.25, -0.2) is 9.55 Å². The van der Waals surface area contributed by atoms with Crippen molar-refractivity contribution in [3.63, 3.8) is 0 Å². The van der Waals surface area contributed by atoms with Gasteiger partial charge in [-0.05, 0) is 31.2 Å².